The number of likely N-dealkylation sites (tertiary alicyclic amines) is 1. The van der Waals surface area contributed by atoms with Crippen molar-refractivity contribution in [1.82, 2.24) is 4.90 Å². The fraction of sp³-hybridized carbons (Fsp3) is 0.889. The van der Waals surface area contributed by atoms with Crippen LogP contribution in [0.25, 0.3) is 0 Å². The fourth-order valence-corrected chi connectivity index (χ4v) is 2.74. The molecule has 134 valence electrons. The van der Waals surface area contributed by atoms with Crippen LogP contribution in [0.5, 0.6) is 0 Å². The minimum atomic E-state index is -0.509. The van der Waals surface area contributed by atoms with Crippen LogP contribution in [0.3, 0.4) is 0 Å². The lowest BCUT2D eigenvalue weighted by atomic mass is 9.90. The smallest absolute Gasteiger partial charge is 0.410 e. The minimum absolute atomic E-state index is 0.0175. The third-order valence-corrected chi connectivity index (χ3v) is 4.47. The van der Waals surface area contributed by atoms with Crippen molar-refractivity contribution in [2.24, 2.45) is 5.41 Å². The van der Waals surface area contributed by atoms with Crippen molar-refractivity contribution in [3.63, 3.8) is 0 Å². The molecule has 5 heteroatoms. The molecule has 23 heavy (non-hydrogen) atoms. The van der Waals surface area contributed by atoms with E-state index >= 15 is 0 Å². The molecule has 0 radical (unpaired) electrons. The molecule has 1 amide bonds. The maximum atomic E-state index is 12.4. The second kappa shape index (κ2) is 7.10. The molecule has 0 aliphatic carbocycles. The Hall–Kier alpha value is -1.26. The van der Waals surface area contributed by atoms with E-state index in [-0.39, 0.29) is 30.3 Å². The summed E-state index contributed by atoms with van der Waals surface area (Å²) >= 11 is 0. The predicted molar refractivity (Wildman–Crippen MR) is 90.2 cm³/mol. The van der Waals surface area contributed by atoms with E-state index in [2.05, 4.69) is 0 Å². The van der Waals surface area contributed by atoms with Crippen molar-refractivity contribution < 1.29 is 19.1 Å². The zero-order valence-electron chi connectivity index (χ0n) is 15.9. The standard InChI is InChI=1S/C18H33NO4/c1-9-18(7,8)15(20)22-14-10-12(2)19(13(3)11-14)16(21)23-17(4,5)6/h12-14H,9-11H2,1-8H3. The van der Waals surface area contributed by atoms with Crippen molar-refractivity contribution >= 4 is 12.1 Å². The summed E-state index contributed by atoms with van der Waals surface area (Å²) in [6.07, 6.45) is 1.60. The van der Waals surface area contributed by atoms with Crippen LogP contribution in [0.4, 0.5) is 4.79 Å². The van der Waals surface area contributed by atoms with Gasteiger partial charge in [-0.1, -0.05) is 6.92 Å². The van der Waals surface area contributed by atoms with E-state index in [4.69, 9.17) is 9.47 Å². The molecular formula is C18H33NO4. The van der Waals surface area contributed by atoms with Crippen molar-refractivity contribution in [3.05, 3.63) is 0 Å². The van der Waals surface area contributed by atoms with Gasteiger partial charge in [-0.25, -0.2) is 4.79 Å². The van der Waals surface area contributed by atoms with Crippen molar-refractivity contribution in [2.45, 2.75) is 98.4 Å². The second-order valence-electron chi connectivity index (χ2n) is 8.32. The highest BCUT2D eigenvalue weighted by molar-refractivity contribution is 5.76. The second-order valence-corrected chi connectivity index (χ2v) is 8.32. The van der Waals surface area contributed by atoms with Gasteiger partial charge in [0.2, 0.25) is 0 Å². The number of rotatable bonds is 3. The van der Waals surface area contributed by atoms with Crippen LogP contribution in [-0.2, 0) is 14.3 Å². The van der Waals surface area contributed by atoms with E-state index < -0.39 is 11.0 Å². The predicted octanol–water partition coefficient (Wildman–Crippen LogP) is 4.14. The number of hydrogen-bond acceptors (Lipinski definition) is 4. The molecule has 0 spiro atoms. The molecule has 0 aromatic rings. The van der Waals surface area contributed by atoms with Crippen molar-refractivity contribution in [3.8, 4) is 0 Å². The molecule has 2 atom stereocenters. The summed E-state index contributed by atoms with van der Waals surface area (Å²) in [5.74, 6) is -0.157. The Morgan fingerprint density at radius 2 is 1.52 bits per heavy atom. The molecule has 1 aliphatic rings. The van der Waals surface area contributed by atoms with Gasteiger partial charge in [-0.15, -0.1) is 0 Å². The third-order valence-electron chi connectivity index (χ3n) is 4.47. The summed E-state index contributed by atoms with van der Waals surface area (Å²) in [4.78, 5) is 26.4. The summed E-state index contributed by atoms with van der Waals surface area (Å²) < 4.78 is 11.2. The highest BCUT2D eigenvalue weighted by atomic mass is 16.6. The average Bonchev–Trinajstić information content (AvgIpc) is 2.35. The first-order valence-electron chi connectivity index (χ1n) is 8.59. The Balaban J connectivity index is 2.70. The van der Waals surface area contributed by atoms with Crippen LogP contribution in [0, 0.1) is 5.41 Å². The number of carbonyl (C=O) groups excluding carboxylic acids is 2. The normalized spacial score (nSPS) is 25.9. The molecule has 1 saturated heterocycles. The van der Waals surface area contributed by atoms with Gasteiger partial charge < -0.3 is 14.4 Å². The van der Waals surface area contributed by atoms with Gasteiger partial charge in [0.05, 0.1) is 5.41 Å². The lowest BCUT2D eigenvalue weighted by molar-refractivity contribution is -0.163. The molecule has 1 fully saturated rings. The van der Waals surface area contributed by atoms with Crippen LogP contribution < -0.4 is 0 Å². The summed E-state index contributed by atoms with van der Waals surface area (Å²) in [6.45, 7) is 15.3. The van der Waals surface area contributed by atoms with Gasteiger partial charge in [-0.3, -0.25) is 4.79 Å². The monoisotopic (exact) mass is 327 g/mol. The lowest BCUT2D eigenvalue weighted by Crippen LogP contribution is -2.53. The first-order chi connectivity index (χ1) is 10.4. The number of esters is 1. The summed E-state index contributed by atoms with van der Waals surface area (Å²) in [5, 5.41) is 0. The Bertz CT molecular complexity index is 427. The number of carbonyl (C=O) groups is 2. The maximum absolute atomic E-state index is 12.4. The molecule has 0 aromatic heterocycles. The van der Waals surface area contributed by atoms with E-state index in [9.17, 15) is 9.59 Å². The van der Waals surface area contributed by atoms with Gasteiger partial charge in [0.15, 0.2) is 0 Å². The Morgan fingerprint density at radius 1 is 1.04 bits per heavy atom. The first kappa shape index (κ1) is 19.8. The van der Waals surface area contributed by atoms with Gasteiger partial charge in [0, 0.05) is 24.9 Å². The Labute approximate surface area is 140 Å². The molecule has 0 aromatic carbocycles. The first-order valence-corrected chi connectivity index (χ1v) is 8.59. The lowest BCUT2D eigenvalue weighted by Gasteiger charge is -2.42. The SMILES string of the molecule is CCC(C)(C)C(=O)OC1CC(C)N(C(=O)OC(C)(C)C)C(C)C1. The highest BCUT2D eigenvalue weighted by Gasteiger charge is 2.39. The summed E-state index contributed by atoms with van der Waals surface area (Å²) in [7, 11) is 0. The molecule has 1 rings (SSSR count). The van der Waals surface area contributed by atoms with E-state index in [1.54, 1.807) is 4.90 Å². The third kappa shape index (κ3) is 5.40. The number of amides is 1. The number of hydrogen-bond donors (Lipinski definition) is 0. The van der Waals surface area contributed by atoms with E-state index in [1.807, 2.05) is 55.4 Å². The van der Waals surface area contributed by atoms with Crippen LogP contribution in [-0.4, -0.2) is 40.8 Å². The van der Waals surface area contributed by atoms with Crippen LogP contribution >= 0.6 is 0 Å². The van der Waals surface area contributed by atoms with Gasteiger partial charge in [-0.05, 0) is 54.9 Å². The number of nitrogens with zero attached hydrogens (tertiary/aromatic N) is 1. The molecule has 2 unspecified atom stereocenters. The minimum Gasteiger partial charge on any atom is -0.462 e. The topological polar surface area (TPSA) is 55.8 Å². The summed E-state index contributed by atoms with van der Waals surface area (Å²) in [6, 6.07) is -0.0349. The zero-order chi connectivity index (χ0) is 18.0. The Kier molecular flexibility index (Phi) is 6.11. The molecule has 0 N–H and O–H groups in total. The molecule has 5 nitrogen and oxygen atoms in total. The largest absolute Gasteiger partial charge is 0.462 e. The van der Waals surface area contributed by atoms with Crippen molar-refractivity contribution in [2.75, 3.05) is 0 Å². The van der Waals surface area contributed by atoms with Crippen LogP contribution in [0.2, 0.25) is 0 Å². The Morgan fingerprint density at radius 3 is 1.91 bits per heavy atom. The number of ether oxygens (including phenoxy) is 2. The zero-order valence-corrected chi connectivity index (χ0v) is 15.9. The van der Waals surface area contributed by atoms with Gasteiger partial charge >= 0.3 is 12.1 Å². The van der Waals surface area contributed by atoms with Gasteiger partial charge in [0.25, 0.3) is 0 Å². The molecular weight excluding hydrogens is 294 g/mol. The maximum Gasteiger partial charge on any atom is 0.410 e. The van der Waals surface area contributed by atoms with E-state index in [0.717, 1.165) is 6.42 Å². The number of piperidine rings is 1. The van der Waals surface area contributed by atoms with E-state index in [0.29, 0.717) is 12.8 Å². The molecule has 0 saturated carbocycles. The van der Waals surface area contributed by atoms with E-state index in [1.165, 1.54) is 0 Å². The quantitative estimate of drug-likeness (QED) is 0.731. The molecule has 1 aliphatic heterocycles. The highest BCUT2D eigenvalue weighted by Crippen LogP contribution is 2.30. The average molecular weight is 327 g/mol. The van der Waals surface area contributed by atoms with Crippen LogP contribution in [0.15, 0.2) is 0 Å². The summed E-state index contributed by atoms with van der Waals surface area (Å²) in [5.41, 5.74) is -0.972. The van der Waals surface area contributed by atoms with Crippen LogP contribution in [0.1, 0.15) is 74.7 Å². The molecule has 1 heterocycles. The van der Waals surface area contributed by atoms with Crippen molar-refractivity contribution in [1.29, 1.82) is 0 Å². The molecule has 0 bridgehead atoms. The van der Waals surface area contributed by atoms with Gasteiger partial charge in [0.1, 0.15) is 11.7 Å². The fourth-order valence-electron chi connectivity index (χ4n) is 2.74. The van der Waals surface area contributed by atoms with Gasteiger partial charge in [-0.2, -0.15) is 0 Å².